The lowest BCUT2D eigenvalue weighted by molar-refractivity contribution is 0.660. The van der Waals surface area contributed by atoms with Gasteiger partial charge in [-0.3, -0.25) is 0 Å². The first-order valence-electron chi connectivity index (χ1n) is 26.3. The van der Waals surface area contributed by atoms with E-state index in [2.05, 4.69) is 287 Å². The summed E-state index contributed by atoms with van der Waals surface area (Å²) in [7, 11) is 0. The molecule has 11 aromatic carbocycles. The van der Waals surface area contributed by atoms with E-state index in [4.69, 9.17) is 0 Å². The van der Waals surface area contributed by atoms with Crippen molar-refractivity contribution in [3.05, 3.63) is 294 Å². The number of benzene rings is 11. The summed E-state index contributed by atoms with van der Waals surface area (Å²) in [6.07, 6.45) is 0. The molecule has 0 N–H and O–H groups in total. The Labute approximate surface area is 435 Å². The molecule has 1 unspecified atom stereocenters. The molecular formula is C73H55N. The van der Waals surface area contributed by atoms with Crippen molar-refractivity contribution in [2.24, 2.45) is 0 Å². The van der Waals surface area contributed by atoms with E-state index in [1.807, 2.05) is 0 Å². The molecule has 0 aromatic heterocycles. The molecule has 14 rings (SSSR count). The fourth-order valence-electron chi connectivity index (χ4n) is 12.9. The van der Waals surface area contributed by atoms with Crippen molar-refractivity contribution in [3.63, 3.8) is 0 Å². The highest BCUT2D eigenvalue weighted by Gasteiger charge is 2.51. The molecule has 1 nitrogen and oxygen atoms in total. The highest BCUT2D eigenvalue weighted by Crippen LogP contribution is 2.63. The van der Waals surface area contributed by atoms with Crippen LogP contribution in [0.1, 0.15) is 72.6 Å². The summed E-state index contributed by atoms with van der Waals surface area (Å²) in [5.74, 6) is 0.492. The molecule has 0 amide bonds. The zero-order valence-corrected chi connectivity index (χ0v) is 42.3. The van der Waals surface area contributed by atoms with Crippen molar-refractivity contribution in [3.8, 4) is 77.9 Å². The summed E-state index contributed by atoms with van der Waals surface area (Å²) in [6.45, 7) is 9.24. The summed E-state index contributed by atoms with van der Waals surface area (Å²) < 4.78 is 0. The van der Waals surface area contributed by atoms with Crippen LogP contribution in [-0.2, 0) is 10.8 Å². The van der Waals surface area contributed by atoms with Crippen LogP contribution in [0.15, 0.2) is 255 Å². The van der Waals surface area contributed by atoms with Crippen LogP contribution in [-0.4, -0.2) is 0 Å². The van der Waals surface area contributed by atoms with E-state index in [9.17, 15) is 0 Å². The zero-order chi connectivity index (χ0) is 49.7. The Hall–Kier alpha value is -8.78. The highest BCUT2D eigenvalue weighted by atomic mass is 15.1. The lowest BCUT2D eigenvalue weighted by Crippen LogP contribution is -2.26. The zero-order valence-electron chi connectivity index (χ0n) is 42.3. The average Bonchev–Trinajstić information content (AvgIpc) is 4.04. The summed E-state index contributed by atoms with van der Waals surface area (Å²) in [5, 5.41) is 0. The molecule has 3 aliphatic rings. The first kappa shape index (κ1) is 44.0. The molecule has 1 atom stereocenters. The van der Waals surface area contributed by atoms with Gasteiger partial charge in [-0.2, -0.15) is 0 Å². The number of rotatable bonds is 8. The number of hydrogen-bond donors (Lipinski definition) is 0. The Morgan fingerprint density at radius 2 is 0.608 bits per heavy atom. The lowest BCUT2D eigenvalue weighted by atomic mass is 9.70. The van der Waals surface area contributed by atoms with Crippen LogP contribution in [0.4, 0.5) is 17.1 Å². The standard InChI is InChI=1S/C73H55N/c1-47(2)48-22-24-53(25-23-48)55-34-41-64-61-17-9-12-20-67(61)73(70(64)44-55)68-21-13-10-18-62(68)65-42-35-56(45-71(65)73)54-28-26-50(27-29-54)52-32-38-58(39-33-52)74(57-36-30-51(31-37-57)49-14-6-5-7-15-49)59-40-43-63-60-16-8-11-19-66(60)72(3,4)69(63)46-59/h5-47H,1-4H3. The third kappa shape index (κ3) is 6.69. The first-order chi connectivity index (χ1) is 36.3. The molecule has 0 saturated heterocycles. The second-order valence-electron chi connectivity index (χ2n) is 21.4. The first-order valence-corrected chi connectivity index (χ1v) is 26.3. The van der Waals surface area contributed by atoms with Gasteiger partial charge in [0.25, 0.3) is 0 Å². The topological polar surface area (TPSA) is 3.24 Å². The molecule has 1 heteroatoms. The van der Waals surface area contributed by atoms with E-state index in [0.29, 0.717) is 5.92 Å². The second-order valence-corrected chi connectivity index (χ2v) is 21.4. The van der Waals surface area contributed by atoms with Gasteiger partial charge in [-0.1, -0.05) is 234 Å². The summed E-state index contributed by atoms with van der Waals surface area (Å²) in [6, 6.07) is 95.7. The van der Waals surface area contributed by atoms with Crippen LogP contribution in [0.2, 0.25) is 0 Å². The molecule has 0 fully saturated rings. The van der Waals surface area contributed by atoms with Crippen LogP contribution in [0.25, 0.3) is 77.9 Å². The molecule has 0 aliphatic heterocycles. The number of anilines is 3. The van der Waals surface area contributed by atoms with Crippen molar-refractivity contribution in [2.45, 2.75) is 44.4 Å². The molecule has 352 valence electrons. The quantitative estimate of drug-likeness (QED) is 0.147. The maximum Gasteiger partial charge on any atom is 0.0725 e. The lowest BCUT2D eigenvalue weighted by Gasteiger charge is -2.31. The van der Waals surface area contributed by atoms with Gasteiger partial charge in [-0.15, -0.1) is 0 Å². The van der Waals surface area contributed by atoms with Gasteiger partial charge in [-0.05, 0) is 171 Å². The van der Waals surface area contributed by atoms with Crippen LogP contribution >= 0.6 is 0 Å². The van der Waals surface area contributed by atoms with Crippen LogP contribution in [0.5, 0.6) is 0 Å². The van der Waals surface area contributed by atoms with Crippen molar-refractivity contribution >= 4 is 17.1 Å². The fourth-order valence-corrected chi connectivity index (χ4v) is 12.9. The third-order valence-electron chi connectivity index (χ3n) is 16.7. The Bertz CT molecular complexity index is 3960. The van der Waals surface area contributed by atoms with Crippen molar-refractivity contribution in [1.29, 1.82) is 0 Å². The summed E-state index contributed by atoms with van der Waals surface area (Å²) in [5.41, 5.74) is 30.0. The van der Waals surface area contributed by atoms with Gasteiger partial charge < -0.3 is 4.90 Å². The number of fused-ring (bicyclic) bond motifs is 13. The van der Waals surface area contributed by atoms with Gasteiger partial charge in [0.1, 0.15) is 0 Å². The van der Waals surface area contributed by atoms with Crippen LogP contribution in [0.3, 0.4) is 0 Å². The van der Waals surface area contributed by atoms with Gasteiger partial charge in [0.15, 0.2) is 0 Å². The number of hydrogen-bond acceptors (Lipinski definition) is 1. The molecule has 1 spiro atoms. The van der Waals surface area contributed by atoms with E-state index in [1.165, 1.54) is 117 Å². The van der Waals surface area contributed by atoms with Gasteiger partial charge in [0.2, 0.25) is 0 Å². The minimum Gasteiger partial charge on any atom is -0.310 e. The molecular weight excluding hydrogens is 891 g/mol. The van der Waals surface area contributed by atoms with Crippen LogP contribution in [0, 0.1) is 0 Å². The molecule has 3 aliphatic carbocycles. The van der Waals surface area contributed by atoms with E-state index in [-0.39, 0.29) is 5.41 Å². The van der Waals surface area contributed by atoms with Gasteiger partial charge in [0.05, 0.1) is 5.41 Å². The minimum atomic E-state index is -0.442. The largest absolute Gasteiger partial charge is 0.310 e. The molecule has 0 heterocycles. The Kier molecular flexibility index (Phi) is 10.0. The molecule has 0 bridgehead atoms. The second kappa shape index (κ2) is 16.9. The predicted molar refractivity (Wildman–Crippen MR) is 311 cm³/mol. The molecule has 74 heavy (non-hydrogen) atoms. The average molecular weight is 946 g/mol. The van der Waals surface area contributed by atoms with E-state index in [0.717, 1.165) is 17.1 Å². The van der Waals surface area contributed by atoms with E-state index >= 15 is 0 Å². The molecule has 11 aromatic rings. The Morgan fingerprint density at radius 3 is 1.11 bits per heavy atom. The Balaban J connectivity index is 0.820. The smallest absolute Gasteiger partial charge is 0.0725 e. The summed E-state index contributed by atoms with van der Waals surface area (Å²) in [4.78, 5) is 2.41. The minimum absolute atomic E-state index is 0.106. The maximum absolute atomic E-state index is 2.49. The normalized spacial score (nSPS) is 15.0. The van der Waals surface area contributed by atoms with Gasteiger partial charge in [0, 0.05) is 22.5 Å². The maximum atomic E-state index is 2.49. The van der Waals surface area contributed by atoms with Crippen LogP contribution < -0.4 is 4.90 Å². The molecule has 0 saturated carbocycles. The number of nitrogens with zero attached hydrogens (tertiary/aromatic N) is 1. The van der Waals surface area contributed by atoms with Gasteiger partial charge >= 0.3 is 0 Å². The highest BCUT2D eigenvalue weighted by molar-refractivity contribution is 5.97. The predicted octanol–water partition coefficient (Wildman–Crippen LogP) is 19.6. The van der Waals surface area contributed by atoms with E-state index < -0.39 is 5.41 Å². The fraction of sp³-hybridized carbons (Fsp3) is 0.0959. The van der Waals surface area contributed by atoms with Crippen molar-refractivity contribution in [2.75, 3.05) is 4.90 Å². The van der Waals surface area contributed by atoms with Crippen molar-refractivity contribution in [1.82, 2.24) is 0 Å². The summed E-state index contributed by atoms with van der Waals surface area (Å²) >= 11 is 0. The Morgan fingerprint density at radius 1 is 0.270 bits per heavy atom. The monoisotopic (exact) mass is 945 g/mol. The van der Waals surface area contributed by atoms with Gasteiger partial charge in [-0.25, -0.2) is 0 Å². The van der Waals surface area contributed by atoms with E-state index in [1.54, 1.807) is 0 Å². The molecule has 0 radical (unpaired) electrons. The van der Waals surface area contributed by atoms with Crippen molar-refractivity contribution < 1.29 is 0 Å². The SMILES string of the molecule is CC(C)c1ccc(-c2ccc3c(c2)C2(c4ccccc4-c4ccc(-c5ccc(-c6ccc(N(c7ccc(-c8ccccc8)cc7)c7ccc8c(c7)C(C)(C)c7ccccc7-8)cc6)cc5)cc42)c2ccccc2-3)cc1. The third-order valence-corrected chi connectivity index (χ3v) is 16.7.